The Bertz CT molecular complexity index is 706. The number of benzene rings is 1. The Balaban J connectivity index is 1.80. The van der Waals surface area contributed by atoms with Crippen LogP contribution in [-0.2, 0) is 0 Å². The minimum atomic E-state index is 0.118. The number of hydrogen-bond donors (Lipinski definition) is 2. The molecule has 24 heavy (non-hydrogen) atoms. The van der Waals surface area contributed by atoms with Gasteiger partial charge >= 0.3 is 0 Å². The number of imidazole rings is 1. The summed E-state index contributed by atoms with van der Waals surface area (Å²) in [5, 5.41) is 5.11. The van der Waals surface area contributed by atoms with Crippen molar-refractivity contribution in [1.29, 1.82) is 0 Å². The lowest BCUT2D eigenvalue weighted by Crippen LogP contribution is -2.43. The fraction of sp³-hybridized carbons (Fsp3) is 0.588. The highest BCUT2D eigenvalue weighted by Gasteiger charge is 2.22. The monoisotopic (exact) mass is 367 g/mol. The summed E-state index contributed by atoms with van der Waals surface area (Å²) in [7, 11) is 4.22. The van der Waals surface area contributed by atoms with Crippen LogP contribution in [0.25, 0.3) is 11.0 Å². The van der Waals surface area contributed by atoms with Crippen molar-refractivity contribution in [1.82, 2.24) is 20.2 Å². The number of nitrogens with zero attached hydrogens (tertiary/aromatic N) is 3. The maximum Gasteiger partial charge on any atom is 0.166 e. The molecular weight excluding hydrogens is 342 g/mol. The highest BCUT2D eigenvalue weighted by atomic mass is 35.5. The third kappa shape index (κ3) is 3.82. The van der Waals surface area contributed by atoms with Crippen LogP contribution < -0.4 is 10.2 Å². The molecule has 0 unspecified atom stereocenters. The number of H-pyrrole nitrogens is 1. The van der Waals surface area contributed by atoms with Crippen molar-refractivity contribution in [3.63, 3.8) is 0 Å². The van der Waals surface area contributed by atoms with E-state index in [4.69, 9.17) is 16.6 Å². The Hall–Kier alpha value is -0.950. The zero-order chi connectivity index (χ0) is 17.3. The topological polar surface area (TPSA) is 47.2 Å². The molecule has 1 saturated heterocycles. The van der Waals surface area contributed by atoms with Crippen LogP contribution in [0.5, 0.6) is 0 Å². The molecule has 0 amide bonds. The summed E-state index contributed by atoms with van der Waals surface area (Å²) in [6.45, 7) is 8.43. The fourth-order valence-corrected chi connectivity index (χ4v) is 3.96. The molecule has 7 heteroatoms. The summed E-state index contributed by atoms with van der Waals surface area (Å²) < 4.78 is 0. The van der Waals surface area contributed by atoms with E-state index >= 15 is 0 Å². The van der Waals surface area contributed by atoms with Crippen molar-refractivity contribution >= 4 is 40.1 Å². The van der Waals surface area contributed by atoms with Gasteiger partial charge in [-0.15, -0.1) is 0 Å². The van der Waals surface area contributed by atoms with Gasteiger partial charge in [0, 0.05) is 37.5 Å². The SMILES string of the molecule is CN(C)C(C)(C)CSc1nc2cc(N3CCNCC3)c(Cl)cc2[nH]1. The van der Waals surface area contributed by atoms with E-state index in [1.165, 1.54) is 0 Å². The molecule has 0 spiro atoms. The van der Waals surface area contributed by atoms with E-state index < -0.39 is 0 Å². The third-order valence-corrected chi connectivity index (χ3v) is 6.38. The Morgan fingerprint density at radius 1 is 1.29 bits per heavy atom. The second kappa shape index (κ2) is 7.12. The molecule has 0 radical (unpaired) electrons. The van der Waals surface area contributed by atoms with Gasteiger partial charge < -0.3 is 20.1 Å². The van der Waals surface area contributed by atoms with Crippen LogP contribution in [-0.4, -0.2) is 66.4 Å². The molecule has 132 valence electrons. The molecular formula is C17H26ClN5S. The van der Waals surface area contributed by atoms with Crippen LogP contribution in [0.4, 0.5) is 5.69 Å². The smallest absolute Gasteiger partial charge is 0.166 e. The van der Waals surface area contributed by atoms with Crippen LogP contribution in [0.1, 0.15) is 13.8 Å². The standard InChI is InChI=1S/C17H26ClN5S/c1-17(2,22(3)4)11-24-16-20-13-9-12(18)15(10-14(13)21-16)23-7-5-19-6-8-23/h9-10,19H,5-8,11H2,1-4H3,(H,20,21). The quantitative estimate of drug-likeness (QED) is 0.795. The number of piperazine rings is 1. The second-order valence-corrected chi connectivity index (χ2v) is 8.47. The second-order valence-electron chi connectivity index (χ2n) is 7.10. The first-order chi connectivity index (χ1) is 11.4. The summed E-state index contributed by atoms with van der Waals surface area (Å²) in [4.78, 5) is 12.7. The van der Waals surface area contributed by atoms with E-state index in [-0.39, 0.29) is 5.54 Å². The number of fused-ring (bicyclic) bond motifs is 1. The molecule has 1 aromatic carbocycles. The van der Waals surface area contributed by atoms with Crippen molar-refractivity contribution in [3.05, 3.63) is 17.2 Å². The molecule has 5 nitrogen and oxygen atoms in total. The molecule has 1 aliphatic heterocycles. The summed E-state index contributed by atoms with van der Waals surface area (Å²) in [6.07, 6.45) is 0. The average molecular weight is 368 g/mol. The average Bonchev–Trinajstić information content (AvgIpc) is 2.94. The normalized spacial score (nSPS) is 16.3. The van der Waals surface area contributed by atoms with E-state index in [1.54, 1.807) is 11.8 Å². The van der Waals surface area contributed by atoms with Crippen molar-refractivity contribution < 1.29 is 0 Å². The minimum absolute atomic E-state index is 0.118. The zero-order valence-electron chi connectivity index (χ0n) is 14.8. The molecule has 1 aliphatic rings. The third-order valence-electron chi connectivity index (χ3n) is 4.76. The van der Waals surface area contributed by atoms with Crippen molar-refractivity contribution in [2.45, 2.75) is 24.5 Å². The van der Waals surface area contributed by atoms with E-state index in [2.05, 4.69) is 54.1 Å². The molecule has 2 aromatic rings. The molecule has 0 atom stereocenters. The highest BCUT2D eigenvalue weighted by Crippen LogP contribution is 2.32. The molecule has 1 fully saturated rings. The molecule has 2 heterocycles. The van der Waals surface area contributed by atoms with Crippen LogP contribution in [0.15, 0.2) is 17.3 Å². The van der Waals surface area contributed by atoms with Gasteiger partial charge in [-0.2, -0.15) is 0 Å². The Morgan fingerprint density at radius 3 is 2.67 bits per heavy atom. The van der Waals surface area contributed by atoms with Gasteiger partial charge in [0.25, 0.3) is 0 Å². The lowest BCUT2D eigenvalue weighted by Gasteiger charge is -2.31. The van der Waals surface area contributed by atoms with Gasteiger partial charge in [-0.05, 0) is 40.1 Å². The fourth-order valence-electron chi connectivity index (χ4n) is 2.59. The minimum Gasteiger partial charge on any atom is -0.368 e. The van der Waals surface area contributed by atoms with Gasteiger partial charge in [0.15, 0.2) is 5.16 Å². The van der Waals surface area contributed by atoms with Crippen LogP contribution in [0.2, 0.25) is 5.02 Å². The Labute approximate surface area is 153 Å². The van der Waals surface area contributed by atoms with Crippen molar-refractivity contribution in [3.8, 4) is 0 Å². The first-order valence-electron chi connectivity index (χ1n) is 8.32. The number of hydrogen-bond acceptors (Lipinski definition) is 5. The van der Waals surface area contributed by atoms with E-state index in [0.717, 1.165) is 58.8 Å². The van der Waals surface area contributed by atoms with Gasteiger partial charge in [0.05, 0.1) is 21.7 Å². The number of anilines is 1. The molecule has 1 aromatic heterocycles. The van der Waals surface area contributed by atoms with Gasteiger partial charge in [-0.1, -0.05) is 23.4 Å². The van der Waals surface area contributed by atoms with Gasteiger partial charge in [-0.3, -0.25) is 0 Å². The van der Waals surface area contributed by atoms with Crippen molar-refractivity contribution in [2.24, 2.45) is 0 Å². The van der Waals surface area contributed by atoms with E-state index in [0.29, 0.717) is 0 Å². The molecule has 0 saturated carbocycles. The summed E-state index contributed by atoms with van der Waals surface area (Å²) in [5.74, 6) is 0.970. The predicted octanol–water partition coefficient (Wildman–Crippen LogP) is 3.06. The number of aromatic nitrogens is 2. The maximum absolute atomic E-state index is 6.51. The number of rotatable bonds is 5. The zero-order valence-corrected chi connectivity index (χ0v) is 16.4. The first kappa shape index (κ1) is 17.9. The summed E-state index contributed by atoms with van der Waals surface area (Å²) in [6, 6.07) is 4.11. The molecule has 3 rings (SSSR count). The lowest BCUT2D eigenvalue weighted by molar-refractivity contribution is 0.224. The Morgan fingerprint density at radius 2 is 2.00 bits per heavy atom. The van der Waals surface area contributed by atoms with Gasteiger partial charge in [0.2, 0.25) is 0 Å². The number of nitrogens with one attached hydrogen (secondary N) is 2. The molecule has 0 bridgehead atoms. The number of thioether (sulfide) groups is 1. The lowest BCUT2D eigenvalue weighted by atomic mass is 10.1. The summed E-state index contributed by atoms with van der Waals surface area (Å²) >= 11 is 8.27. The van der Waals surface area contributed by atoms with Gasteiger partial charge in [0.1, 0.15) is 0 Å². The van der Waals surface area contributed by atoms with Crippen LogP contribution >= 0.6 is 23.4 Å². The van der Waals surface area contributed by atoms with Crippen LogP contribution in [0.3, 0.4) is 0 Å². The molecule has 2 N–H and O–H groups in total. The summed E-state index contributed by atoms with van der Waals surface area (Å²) in [5.41, 5.74) is 3.19. The van der Waals surface area contributed by atoms with Crippen LogP contribution in [0, 0.1) is 0 Å². The maximum atomic E-state index is 6.51. The van der Waals surface area contributed by atoms with Crippen molar-refractivity contribution in [2.75, 3.05) is 50.9 Å². The predicted molar refractivity (Wildman–Crippen MR) is 105 cm³/mol. The largest absolute Gasteiger partial charge is 0.368 e. The van der Waals surface area contributed by atoms with E-state index in [9.17, 15) is 0 Å². The number of halogens is 1. The highest BCUT2D eigenvalue weighted by molar-refractivity contribution is 7.99. The Kier molecular flexibility index (Phi) is 5.30. The van der Waals surface area contributed by atoms with Gasteiger partial charge in [-0.25, -0.2) is 4.98 Å². The molecule has 0 aliphatic carbocycles. The first-order valence-corrected chi connectivity index (χ1v) is 9.68. The van der Waals surface area contributed by atoms with E-state index in [1.807, 2.05) is 6.07 Å². The number of aromatic amines is 1.